The summed E-state index contributed by atoms with van der Waals surface area (Å²) in [5, 5.41) is 2.83. The molecule has 56 valence electrons. The summed E-state index contributed by atoms with van der Waals surface area (Å²) < 4.78 is 1.49. The van der Waals surface area contributed by atoms with Gasteiger partial charge in [0.2, 0.25) is 0 Å². The minimum atomic E-state index is 0.0989. The van der Waals surface area contributed by atoms with Gasteiger partial charge in [0.1, 0.15) is 0 Å². The fourth-order valence-electron chi connectivity index (χ4n) is 0.959. The second kappa shape index (κ2) is 2.73. The summed E-state index contributed by atoms with van der Waals surface area (Å²) in [6.07, 6.45) is 3.66. The first-order valence-electron chi connectivity index (χ1n) is 3.49. The number of hydrogen-bond donors (Lipinski definition) is 1. The van der Waals surface area contributed by atoms with Crippen molar-refractivity contribution in [2.24, 2.45) is 7.05 Å². The Morgan fingerprint density at radius 1 is 1.70 bits per heavy atom. The molecule has 0 saturated heterocycles. The highest BCUT2D eigenvalue weighted by Crippen LogP contribution is 1.92. The van der Waals surface area contributed by atoms with Gasteiger partial charge in [-0.2, -0.15) is 0 Å². The van der Waals surface area contributed by atoms with Crippen molar-refractivity contribution in [2.45, 2.75) is 19.8 Å². The van der Waals surface area contributed by atoms with Crippen molar-refractivity contribution in [1.29, 1.82) is 0 Å². The van der Waals surface area contributed by atoms with E-state index in [1.807, 2.05) is 0 Å². The SMILES string of the molecule is CCCc1c[nH]n(C)c1=O. The molecule has 0 aromatic carbocycles. The third kappa shape index (κ3) is 1.12. The monoisotopic (exact) mass is 140 g/mol. The van der Waals surface area contributed by atoms with E-state index >= 15 is 0 Å². The highest BCUT2D eigenvalue weighted by Gasteiger charge is 1.99. The second-order valence-electron chi connectivity index (χ2n) is 2.41. The molecule has 10 heavy (non-hydrogen) atoms. The van der Waals surface area contributed by atoms with E-state index in [-0.39, 0.29) is 5.56 Å². The van der Waals surface area contributed by atoms with Crippen LogP contribution in [0.25, 0.3) is 0 Å². The standard InChI is InChI=1S/C7H12N2O/c1-3-4-6-5-8-9(2)7(6)10/h5,8H,3-4H2,1-2H3. The Kier molecular flexibility index (Phi) is 1.94. The predicted octanol–water partition coefficient (Wildman–Crippen LogP) is 0.666. The molecule has 1 N–H and O–H groups in total. The Balaban J connectivity index is 2.95. The lowest BCUT2D eigenvalue weighted by molar-refractivity contribution is 0.736. The Bertz CT molecular complexity index is 259. The van der Waals surface area contributed by atoms with Gasteiger partial charge in [-0.1, -0.05) is 13.3 Å². The quantitative estimate of drug-likeness (QED) is 0.644. The number of H-pyrrole nitrogens is 1. The van der Waals surface area contributed by atoms with Crippen LogP contribution < -0.4 is 5.56 Å². The lowest BCUT2D eigenvalue weighted by Crippen LogP contribution is -2.14. The molecule has 0 radical (unpaired) electrons. The third-order valence-corrected chi connectivity index (χ3v) is 1.53. The molecule has 1 rings (SSSR count). The van der Waals surface area contributed by atoms with E-state index in [1.165, 1.54) is 4.68 Å². The molecule has 3 heteroatoms. The van der Waals surface area contributed by atoms with Crippen LogP contribution in [-0.4, -0.2) is 9.78 Å². The van der Waals surface area contributed by atoms with Crippen molar-refractivity contribution < 1.29 is 0 Å². The summed E-state index contributed by atoms with van der Waals surface area (Å²) >= 11 is 0. The maximum atomic E-state index is 11.1. The van der Waals surface area contributed by atoms with Crippen molar-refractivity contribution in [3.8, 4) is 0 Å². The van der Waals surface area contributed by atoms with Crippen molar-refractivity contribution in [2.75, 3.05) is 0 Å². The zero-order chi connectivity index (χ0) is 7.56. The van der Waals surface area contributed by atoms with Crippen LogP contribution in [-0.2, 0) is 13.5 Å². The Hall–Kier alpha value is -0.990. The molecule has 0 unspecified atom stereocenters. The van der Waals surface area contributed by atoms with E-state index in [0.717, 1.165) is 18.4 Å². The first-order valence-corrected chi connectivity index (χ1v) is 3.49. The van der Waals surface area contributed by atoms with Gasteiger partial charge in [0.05, 0.1) is 0 Å². The maximum Gasteiger partial charge on any atom is 0.269 e. The summed E-state index contributed by atoms with van der Waals surface area (Å²) in [7, 11) is 1.72. The summed E-state index contributed by atoms with van der Waals surface area (Å²) in [6.45, 7) is 2.06. The average Bonchev–Trinajstić information content (AvgIpc) is 2.20. The fourth-order valence-corrected chi connectivity index (χ4v) is 0.959. The molecule has 0 atom stereocenters. The highest BCUT2D eigenvalue weighted by molar-refractivity contribution is 5.03. The molecule has 0 aliphatic rings. The fraction of sp³-hybridized carbons (Fsp3) is 0.571. The van der Waals surface area contributed by atoms with Gasteiger partial charge in [0.25, 0.3) is 5.56 Å². The smallest absolute Gasteiger partial charge is 0.269 e. The molecule has 0 bridgehead atoms. The van der Waals surface area contributed by atoms with E-state index in [2.05, 4.69) is 12.0 Å². The molecule has 0 spiro atoms. The molecule has 0 amide bonds. The van der Waals surface area contributed by atoms with Gasteiger partial charge < -0.3 is 5.10 Å². The van der Waals surface area contributed by atoms with Gasteiger partial charge in [-0.05, 0) is 6.42 Å². The van der Waals surface area contributed by atoms with Crippen molar-refractivity contribution >= 4 is 0 Å². The van der Waals surface area contributed by atoms with Crippen LogP contribution in [0.15, 0.2) is 11.0 Å². The highest BCUT2D eigenvalue weighted by atomic mass is 16.1. The van der Waals surface area contributed by atoms with E-state index in [4.69, 9.17) is 0 Å². The molecular weight excluding hydrogens is 128 g/mol. The van der Waals surface area contributed by atoms with E-state index in [1.54, 1.807) is 13.2 Å². The van der Waals surface area contributed by atoms with Crippen LogP contribution in [0.2, 0.25) is 0 Å². The number of nitrogens with one attached hydrogen (secondary N) is 1. The van der Waals surface area contributed by atoms with Crippen LogP contribution >= 0.6 is 0 Å². The minimum Gasteiger partial charge on any atom is -0.303 e. The normalized spacial score (nSPS) is 10.2. The first-order chi connectivity index (χ1) is 4.75. The first kappa shape index (κ1) is 7.12. The molecule has 0 saturated carbocycles. The average molecular weight is 140 g/mol. The van der Waals surface area contributed by atoms with Gasteiger partial charge in [-0.25, -0.2) is 0 Å². The number of hydrogen-bond acceptors (Lipinski definition) is 1. The maximum absolute atomic E-state index is 11.1. The molecule has 3 nitrogen and oxygen atoms in total. The van der Waals surface area contributed by atoms with Crippen LogP contribution in [0, 0.1) is 0 Å². The van der Waals surface area contributed by atoms with E-state index in [0.29, 0.717) is 0 Å². The van der Waals surface area contributed by atoms with Crippen LogP contribution in [0.4, 0.5) is 0 Å². The van der Waals surface area contributed by atoms with Crippen LogP contribution in [0.5, 0.6) is 0 Å². The van der Waals surface area contributed by atoms with Gasteiger partial charge in [-0.3, -0.25) is 9.48 Å². The third-order valence-electron chi connectivity index (χ3n) is 1.53. The number of nitrogens with zero attached hydrogens (tertiary/aromatic N) is 1. The van der Waals surface area contributed by atoms with Crippen molar-refractivity contribution in [3.05, 3.63) is 22.1 Å². The van der Waals surface area contributed by atoms with Gasteiger partial charge in [0.15, 0.2) is 0 Å². The Labute approximate surface area is 59.7 Å². The van der Waals surface area contributed by atoms with Gasteiger partial charge in [-0.15, -0.1) is 0 Å². The number of rotatable bonds is 2. The largest absolute Gasteiger partial charge is 0.303 e. The number of aryl methyl sites for hydroxylation is 2. The van der Waals surface area contributed by atoms with E-state index in [9.17, 15) is 4.79 Å². The molecule has 1 aromatic heterocycles. The zero-order valence-electron chi connectivity index (χ0n) is 6.35. The summed E-state index contributed by atoms with van der Waals surface area (Å²) in [6, 6.07) is 0. The molecule has 1 aromatic rings. The van der Waals surface area contributed by atoms with E-state index < -0.39 is 0 Å². The zero-order valence-corrected chi connectivity index (χ0v) is 6.35. The topological polar surface area (TPSA) is 37.8 Å². The predicted molar refractivity (Wildman–Crippen MR) is 40.0 cm³/mol. The second-order valence-corrected chi connectivity index (χ2v) is 2.41. The molecular formula is C7H12N2O. The summed E-state index contributed by atoms with van der Waals surface area (Å²) in [4.78, 5) is 11.1. The number of aromatic amines is 1. The molecule has 0 aliphatic heterocycles. The van der Waals surface area contributed by atoms with Crippen molar-refractivity contribution in [1.82, 2.24) is 9.78 Å². The number of aromatic nitrogens is 2. The minimum absolute atomic E-state index is 0.0989. The van der Waals surface area contributed by atoms with Gasteiger partial charge in [0, 0.05) is 18.8 Å². The van der Waals surface area contributed by atoms with Crippen LogP contribution in [0.1, 0.15) is 18.9 Å². The van der Waals surface area contributed by atoms with Gasteiger partial charge >= 0.3 is 0 Å². The summed E-state index contributed by atoms with van der Waals surface area (Å²) in [5.41, 5.74) is 0.979. The molecule has 1 heterocycles. The lowest BCUT2D eigenvalue weighted by atomic mass is 10.2. The summed E-state index contributed by atoms with van der Waals surface area (Å²) in [5.74, 6) is 0. The Morgan fingerprint density at radius 2 is 2.40 bits per heavy atom. The lowest BCUT2D eigenvalue weighted by Gasteiger charge is -1.86. The Morgan fingerprint density at radius 3 is 2.80 bits per heavy atom. The molecule has 0 aliphatic carbocycles. The van der Waals surface area contributed by atoms with Crippen LogP contribution in [0.3, 0.4) is 0 Å². The molecule has 0 fully saturated rings. The van der Waals surface area contributed by atoms with Crippen molar-refractivity contribution in [3.63, 3.8) is 0 Å².